The second kappa shape index (κ2) is 74.9. The molecule has 0 heterocycles. The molecule has 3 N–H and O–H groups in total. The number of hydrogen-bond donors (Lipinski definition) is 3. The monoisotopic (exact) mass is 1480 g/mol. The van der Waals surface area contributed by atoms with Crippen molar-refractivity contribution in [3.8, 4) is 0 Å². The molecule has 0 saturated heterocycles. The summed E-state index contributed by atoms with van der Waals surface area (Å²) in [4.78, 5) is 73.1. The van der Waals surface area contributed by atoms with Crippen LogP contribution >= 0.6 is 15.6 Å². The number of aliphatic hydroxyl groups excluding tert-OH is 1. The van der Waals surface area contributed by atoms with Gasteiger partial charge in [-0.15, -0.1) is 0 Å². The van der Waals surface area contributed by atoms with Crippen LogP contribution in [-0.4, -0.2) is 96.7 Å². The number of aliphatic hydroxyl groups is 1. The molecule has 600 valence electrons. The number of carbonyl (C=O) groups excluding carboxylic acids is 4. The Morgan fingerprint density at radius 1 is 0.277 bits per heavy atom. The maximum Gasteiger partial charge on any atom is 0.472 e. The van der Waals surface area contributed by atoms with Gasteiger partial charge in [0.15, 0.2) is 12.2 Å². The number of phosphoric acid groups is 2. The van der Waals surface area contributed by atoms with Crippen LogP contribution in [0.25, 0.3) is 0 Å². The molecule has 0 fully saturated rings. The molecule has 0 rings (SSSR count). The van der Waals surface area contributed by atoms with Crippen molar-refractivity contribution in [3.63, 3.8) is 0 Å². The van der Waals surface area contributed by atoms with E-state index in [4.69, 9.17) is 37.0 Å². The molecule has 0 aromatic carbocycles. The maximum atomic E-state index is 13.1. The van der Waals surface area contributed by atoms with Crippen molar-refractivity contribution in [3.05, 3.63) is 0 Å². The lowest BCUT2D eigenvalue weighted by Crippen LogP contribution is -2.30. The minimum atomic E-state index is -4.96. The van der Waals surface area contributed by atoms with Crippen molar-refractivity contribution in [2.75, 3.05) is 39.6 Å². The zero-order valence-electron chi connectivity index (χ0n) is 66.1. The molecule has 0 aliphatic carbocycles. The number of carbonyl (C=O) groups is 4. The van der Waals surface area contributed by atoms with Crippen LogP contribution in [0.3, 0.4) is 0 Å². The summed E-state index contributed by atoms with van der Waals surface area (Å²) in [5.74, 6) is -1.30. The van der Waals surface area contributed by atoms with Crippen LogP contribution in [0, 0.1) is 5.92 Å². The van der Waals surface area contributed by atoms with Crippen LogP contribution in [0.15, 0.2) is 0 Å². The minimum absolute atomic E-state index is 0.107. The van der Waals surface area contributed by atoms with Gasteiger partial charge >= 0.3 is 39.5 Å². The first-order chi connectivity index (χ1) is 49.1. The van der Waals surface area contributed by atoms with Crippen LogP contribution in [0.1, 0.15) is 439 Å². The van der Waals surface area contributed by atoms with Crippen molar-refractivity contribution in [1.82, 2.24) is 0 Å². The third-order valence-electron chi connectivity index (χ3n) is 19.6. The zero-order valence-corrected chi connectivity index (χ0v) is 67.8. The first-order valence-corrected chi connectivity index (χ1v) is 45.7. The predicted molar refractivity (Wildman–Crippen MR) is 414 cm³/mol. The van der Waals surface area contributed by atoms with Gasteiger partial charge in [0.05, 0.1) is 26.4 Å². The van der Waals surface area contributed by atoms with Crippen LogP contribution in [0.4, 0.5) is 0 Å². The quantitative estimate of drug-likeness (QED) is 0.0222. The number of ether oxygens (including phenoxy) is 4. The van der Waals surface area contributed by atoms with Crippen molar-refractivity contribution in [1.29, 1.82) is 0 Å². The van der Waals surface area contributed by atoms with Crippen molar-refractivity contribution in [2.24, 2.45) is 5.92 Å². The number of hydrogen-bond acceptors (Lipinski definition) is 15. The molecule has 6 atom stereocenters. The normalized spacial score (nSPS) is 14.1. The Labute approximate surface area is 619 Å². The third kappa shape index (κ3) is 74.7. The molecular formula is C82H160O17P2. The van der Waals surface area contributed by atoms with Gasteiger partial charge in [0.25, 0.3) is 0 Å². The lowest BCUT2D eigenvalue weighted by atomic mass is 9.99. The Morgan fingerprint density at radius 3 is 0.703 bits per heavy atom. The van der Waals surface area contributed by atoms with Gasteiger partial charge in [-0.25, -0.2) is 9.13 Å². The first kappa shape index (κ1) is 99.1. The van der Waals surface area contributed by atoms with E-state index in [1.54, 1.807) is 0 Å². The molecule has 17 nitrogen and oxygen atoms in total. The van der Waals surface area contributed by atoms with Gasteiger partial charge in [-0.1, -0.05) is 388 Å². The summed E-state index contributed by atoms with van der Waals surface area (Å²) in [6, 6.07) is 0. The average molecular weight is 1480 g/mol. The Balaban J connectivity index is 5.24. The van der Waals surface area contributed by atoms with E-state index < -0.39 is 97.5 Å². The Kier molecular flexibility index (Phi) is 73.5. The van der Waals surface area contributed by atoms with Gasteiger partial charge in [-0.2, -0.15) is 0 Å². The highest BCUT2D eigenvalue weighted by Crippen LogP contribution is 2.45. The molecule has 0 aromatic heterocycles. The highest BCUT2D eigenvalue weighted by atomic mass is 31.2. The fourth-order valence-corrected chi connectivity index (χ4v) is 14.3. The van der Waals surface area contributed by atoms with Crippen LogP contribution in [0.5, 0.6) is 0 Å². The van der Waals surface area contributed by atoms with Gasteiger partial charge in [-0.05, 0) is 31.6 Å². The SMILES string of the molecule is CCCCCCCCCCCCCCCCCCCCCCC(=O)O[C@H](COC(=O)CCCCCCCCCCCCCCCCCC)COP(=O)(O)OC[C@@H](O)COP(=O)(O)OC[C@@H](COC(=O)CCCCCCCCCCCCC)OC(=O)CCCCCCCCCCCCC(C)CC. The number of rotatable bonds is 82. The van der Waals surface area contributed by atoms with Crippen LogP contribution < -0.4 is 0 Å². The second-order valence-electron chi connectivity index (χ2n) is 29.8. The maximum absolute atomic E-state index is 13.1. The topological polar surface area (TPSA) is 237 Å². The fraction of sp³-hybridized carbons (Fsp3) is 0.951. The number of esters is 4. The Morgan fingerprint density at radius 2 is 0.475 bits per heavy atom. The number of phosphoric ester groups is 2. The predicted octanol–water partition coefficient (Wildman–Crippen LogP) is 24.8. The van der Waals surface area contributed by atoms with E-state index >= 15 is 0 Å². The summed E-state index contributed by atoms with van der Waals surface area (Å²) < 4.78 is 68.8. The van der Waals surface area contributed by atoms with E-state index in [9.17, 15) is 43.2 Å². The van der Waals surface area contributed by atoms with E-state index in [0.29, 0.717) is 25.7 Å². The Bertz CT molecular complexity index is 1930. The van der Waals surface area contributed by atoms with Gasteiger partial charge < -0.3 is 33.8 Å². The summed E-state index contributed by atoms with van der Waals surface area (Å²) >= 11 is 0. The van der Waals surface area contributed by atoms with E-state index in [1.165, 1.54) is 263 Å². The molecule has 101 heavy (non-hydrogen) atoms. The molecule has 0 spiro atoms. The molecule has 0 aliphatic heterocycles. The molecule has 0 amide bonds. The average Bonchev–Trinajstić information content (AvgIpc) is 0.958. The summed E-state index contributed by atoms with van der Waals surface area (Å²) in [6.07, 6.45) is 66.5. The van der Waals surface area contributed by atoms with Crippen LogP contribution in [-0.2, 0) is 65.4 Å². The molecule has 0 radical (unpaired) electrons. The first-order valence-electron chi connectivity index (χ1n) is 42.7. The summed E-state index contributed by atoms with van der Waals surface area (Å²) in [7, 11) is -9.92. The highest BCUT2D eigenvalue weighted by Gasteiger charge is 2.30. The van der Waals surface area contributed by atoms with Gasteiger partial charge in [-0.3, -0.25) is 37.3 Å². The summed E-state index contributed by atoms with van der Waals surface area (Å²) in [5, 5.41) is 10.7. The standard InChI is InChI=1S/C82H160O17P2/c1-6-10-13-16-19-22-25-27-29-31-32-33-34-36-38-41-47-52-57-62-67-81(86)98-77(72-93-80(85)66-61-56-51-46-40-37-35-30-28-26-23-20-17-14-11-7-2)73-96-100(88,89)94-69-76(83)70-95-101(90,91)97-74-78(71-92-79(84)65-60-55-50-45-39-24-21-18-15-12-8-3)99-82(87)68-63-58-53-48-43-42-44-49-54-59-64-75(5)9-4/h75-78,83H,6-74H2,1-5H3,(H,88,89)(H,90,91)/t75?,76-,77-,78-/m1/s1. The lowest BCUT2D eigenvalue weighted by Gasteiger charge is -2.21. The van der Waals surface area contributed by atoms with Crippen molar-refractivity contribution >= 4 is 39.5 Å². The molecule has 0 saturated carbocycles. The molecule has 0 aromatic rings. The second-order valence-corrected chi connectivity index (χ2v) is 32.7. The molecule has 19 heteroatoms. The molecule has 3 unspecified atom stereocenters. The zero-order chi connectivity index (χ0) is 74.1. The van der Waals surface area contributed by atoms with E-state index in [-0.39, 0.29) is 25.7 Å². The smallest absolute Gasteiger partial charge is 0.462 e. The minimum Gasteiger partial charge on any atom is -0.462 e. The fourth-order valence-electron chi connectivity index (χ4n) is 12.7. The molecular weight excluding hydrogens is 1320 g/mol. The molecule has 0 bridgehead atoms. The number of unbranched alkanes of at least 4 members (excludes halogenated alkanes) is 53. The largest absolute Gasteiger partial charge is 0.472 e. The van der Waals surface area contributed by atoms with Crippen molar-refractivity contribution < 1.29 is 80.2 Å². The highest BCUT2D eigenvalue weighted by molar-refractivity contribution is 7.47. The van der Waals surface area contributed by atoms with Gasteiger partial charge in [0.1, 0.15) is 19.3 Å². The lowest BCUT2D eigenvalue weighted by molar-refractivity contribution is -0.161. The van der Waals surface area contributed by atoms with Gasteiger partial charge in [0.2, 0.25) is 0 Å². The van der Waals surface area contributed by atoms with Crippen LogP contribution in [0.2, 0.25) is 0 Å². The van der Waals surface area contributed by atoms with E-state index in [0.717, 1.165) is 95.8 Å². The molecule has 0 aliphatic rings. The third-order valence-corrected chi connectivity index (χ3v) is 21.5. The van der Waals surface area contributed by atoms with Gasteiger partial charge in [0, 0.05) is 25.7 Å². The van der Waals surface area contributed by atoms with Crippen molar-refractivity contribution in [2.45, 2.75) is 457 Å². The summed E-state index contributed by atoms with van der Waals surface area (Å²) in [5.41, 5.74) is 0. The Hall–Kier alpha value is -1.94. The van der Waals surface area contributed by atoms with E-state index in [2.05, 4.69) is 34.6 Å². The summed E-state index contributed by atoms with van der Waals surface area (Å²) in [6.45, 7) is 7.36. The van der Waals surface area contributed by atoms with E-state index in [1.807, 2.05) is 0 Å².